The number of aryl methyl sites for hydroxylation is 1. The molecule has 9 heteroatoms. The summed E-state index contributed by atoms with van der Waals surface area (Å²) in [5.41, 5.74) is 1.44. The lowest BCUT2D eigenvalue weighted by Gasteiger charge is -2.33. The van der Waals surface area contributed by atoms with Gasteiger partial charge in [0.15, 0.2) is 0 Å². The minimum atomic E-state index is -3.14. The molecule has 2 aromatic heterocycles. The molecule has 4 rings (SSSR count). The number of aromatic amines is 1. The molecule has 2 aromatic rings. The Morgan fingerprint density at radius 3 is 2.53 bits per heavy atom. The number of thiophene rings is 1. The quantitative estimate of drug-likeness (QED) is 0.771. The lowest BCUT2D eigenvalue weighted by atomic mass is 9.72. The lowest BCUT2D eigenvalue weighted by Crippen LogP contribution is -2.48. The van der Waals surface area contributed by atoms with Crippen molar-refractivity contribution in [1.29, 1.82) is 0 Å². The fourth-order valence-electron chi connectivity index (χ4n) is 4.60. The van der Waals surface area contributed by atoms with E-state index in [0.29, 0.717) is 44.5 Å². The average Bonchev–Trinajstić information content (AvgIpc) is 3.05. The zero-order valence-corrected chi connectivity index (χ0v) is 20.0. The first-order valence-electron chi connectivity index (χ1n) is 10.8. The average molecular weight is 453 g/mol. The van der Waals surface area contributed by atoms with Gasteiger partial charge in [0.25, 0.3) is 5.56 Å². The first-order valence-corrected chi connectivity index (χ1v) is 13.2. The van der Waals surface area contributed by atoms with Gasteiger partial charge in [-0.05, 0) is 43.1 Å². The van der Waals surface area contributed by atoms with E-state index in [4.69, 9.17) is 4.98 Å². The summed E-state index contributed by atoms with van der Waals surface area (Å²) in [4.78, 5) is 25.0. The summed E-state index contributed by atoms with van der Waals surface area (Å²) in [5, 5.41) is 0.782. The summed E-state index contributed by atoms with van der Waals surface area (Å²) in [7, 11) is -3.14. The third-order valence-corrected chi connectivity index (χ3v) is 9.69. The van der Waals surface area contributed by atoms with Crippen LogP contribution in [0.25, 0.3) is 10.2 Å². The topological polar surface area (TPSA) is 86.4 Å². The SMILES string of the molecule is CCS(=O)(=O)N1CCN(Cc2nc3sc4c(c3c(=O)[nH]2)CC[C@H](C(C)(C)C)C4)CC1. The summed E-state index contributed by atoms with van der Waals surface area (Å²) in [6.07, 6.45) is 3.10. The van der Waals surface area contributed by atoms with Crippen LogP contribution in [0.1, 0.15) is 50.4 Å². The van der Waals surface area contributed by atoms with E-state index in [0.717, 1.165) is 29.5 Å². The summed E-state index contributed by atoms with van der Waals surface area (Å²) in [6.45, 7) is 11.4. The number of rotatable bonds is 4. The predicted octanol–water partition coefficient (Wildman–Crippen LogP) is 2.60. The summed E-state index contributed by atoms with van der Waals surface area (Å²) in [6, 6.07) is 0. The molecule has 0 saturated carbocycles. The van der Waals surface area contributed by atoms with Gasteiger partial charge in [-0.3, -0.25) is 9.69 Å². The van der Waals surface area contributed by atoms with E-state index >= 15 is 0 Å². The third-order valence-electron chi connectivity index (χ3n) is 6.66. The monoisotopic (exact) mass is 452 g/mol. The molecular weight excluding hydrogens is 420 g/mol. The largest absolute Gasteiger partial charge is 0.309 e. The van der Waals surface area contributed by atoms with Crippen LogP contribution in [0.2, 0.25) is 0 Å². The van der Waals surface area contributed by atoms with Gasteiger partial charge < -0.3 is 4.98 Å². The molecule has 166 valence electrons. The zero-order chi connectivity index (χ0) is 21.7. The fourth-order valence-corrected chi connectivity index (χ4v) is 7.01. The molecule has 1 N–H and O–H groups in total. The summed E-state index contributed by atoms with van der Waals surface area (Å²) in [5.74, 6) is 1.44. The van der Waals surface area contributed by atoms with Crippen molar-refractivity contribution in [3.05, 3.63) is 26.6 Å². The van der Waals surface area contributed by atoms with Crippen LogP contribution in [-0.4, -0.2) is 59.5 Å². The molecule has 2 aliphatic rings. The van der Waals surface area contributed by atoms with E-state index in [1.54, 1.807) is 22.6 Å². The van der Waals surface area contributed by atoms with Gasteiger partial charge in [0.05, 0.1) is 17.7 Å². The first kappa shape index (κ1) is 21.9. The van der Waals surface area contributed by atoms with Crippen molar-refractivity contribution >= 4 is 31.6 Å². The van der Waals surface area contributed by atoms with E-state index < -0.39 is 10.0 Å². The second-order valence-corrected chi connectivity index (χ2v) is 12.9. The van der Waals surface area contributed by atoms with Crippen molar-refractivity contribution in [2.45, 2.75) is 53.5 Å². The van der Waals surface area contributed by atoms with Crippen LogP contribution in [0.5, 0.6) is 0 Å². The van der Waals surface area contributed by atoms with Crippen molar-refractivity contribution in [3.63, 3.8) is 0 Å². The maximum Gasteiger partial charge on any atom is 0.259 e. The van der Waals surface area contributed by atoms with Gasteiger partial charge in [0.1, 0.15) is 10.7 Å². The molecule has 30 heavy (non-hydrogen) atoms. The Kier molecular flexibility index (Phi) is 5.85. The molecule has 0 spiro atoms. The van der Waals surface area contributed by atoms with Crippen molar-refractivity contribution in [1.82, 2.24) is 19.2 Å². The van der Waals surface area contributed by atoms with Crippen LogP contribution in [0.3, 0.4) is 0 Å². The number of fused-ring (bicyclic) bond motifs is 3. The molecule has 0 unspecified atom stereocenters. The zero-order valence-electron chi connectivity index (χ0n) is 18.3. The molecule has 0 amide bonds. The van der Waals surface area contributed by atoms with Crippen LogP contribution in [0, 0.1) is 11.3 Å². The van der Waals surface area contributed by atoms with Crippen LogP contribution >= 0.6 is 11.3 Å². The molecule has 1 saturated heterocycles. The number of piperazine rings is 1. The molecule has 1 aliphatic carbocycles. The Bertz CT molecular complexity index is 1090. The maximum atomic E-state index is 12.9. The summed E-state index contributed by atoms with van der Waals surface area (Å²) < 4.78 is 25.6. The molecule has 7 nitrogen and oxygen atoms in total. The molecule has 1 atom stereocenters. The third kappa shape index (κ3) is 4.22. The molecular formula is C21H32N4O3S2. The second-order valence-electron chi connectivity index (χ2n) is 9.58. The molecule has 0 aromatic carbocycles. The van der Waals surface area contributed by atoms with E-state index in [1.165, 1.54) is 10.4 Å². The van der Waals surface area contributed by atoms with Gasteiger partial charge in [0, 0.05) is 31.1 Å². The smallest absolute Gasteiger partial charge is 0.259 e. The molecule has 1 aliphatic heterocycles. The van der Waals surface area contributed by atoms with Crippen LogP contribution in [0.4, 0.5) is 0 Å². The van der Waals surface area contributed by atoms with Gasteiger partial charge in [-0.25, -0.2) is 13.4 Å². The summed E-state index contributed by atoms with van der Waals surface area (Å²) >= 11 is 1.68. The van der Waals surface area contributed by atoms with E-state index in [9.17, 15) is 13.2 Å². The number of nitrogens with one attached hydrogen (secondary N) is 1. The highest BCUT2D eigenvalue weighted by atomic mass is 32.2. The Morgan fingerprint density at radius 1 is 1.20 bits per heavy atom. The van der Waals surface area contributed by atoms with E-state index in [-0.39, 0.29) is 16.7 Å². The maximum absolute atomic E-state index is 12.9. The van der Waals surface area contributed by atoms with Crippen molar-refractivity contribution < 1.29 is 8.42 Å². The number of nitrogens with zero attached hydrogens (tertiary/aromatic N) is 3. The highest BCUT2D eigenvalue weighted by Gasteiger charge is 2.32. The van der Waals surface area contributed by atoms with Crippen molar-refractivity contribution in [2.24, 2.45) is 11.3 Å². The molecule has 0 radical (unpaired) electrons. The van der Waals surface area contributed by atoms with Crippen LogP contribution in [-0.2, 0) is 29.4 Å². The van der Waals surface area contributed by atoms with E-state index in [1.807, 2.05) is 0 Å². The lowest BCUT2D eigenvalue weighted by molar-refractivity contribution is 0.178. The second kappa shape index (κ2) is 8.00. The molecule has 1 fully saturated rings. The van der Waals surface area contributed by atoms with Crippen LogP contribution < -0.4 is 5.56 Å². The molecule has 0 bridgehead atoms. The number of aromatic nitrogens is 2. The van der Waals surface area contributed by atoms with Gasteiger partial charge >= 0.3 is 0 Å². The van der Waals surface area contributed by atoms with Gasteiger partial charge in [0.2, 0.25) is 10.0 Å². The Balaban J connectivity index is 1.52. The Hall–Kier alpha value is -1.29. The normalized spacial score (nSPS) is 21.8. The number of hydrogen-bond donors (Lipinski definition) is 1. The van der Waals surface area contributed by atoms with Crippen LogP contribution in [0.15, 0.2) is 4.79 Å². The predicted molar refractivity (Wildman–Crippen MR) is 122 cm³/mol. The minimum absolute atomic E-state index is 0.0334. The van der Waals surface area contributed by atoms with E-state index in [2.05, 4.69) is 30.7 Å². The van der Waals surface area contributed by atoms with Gasteiger partial charge in [-0.2, -0.15) is 4.31 Å². The van der Waals surface area contributed by atoms with Gasteiger partial charge in [-0.1, -0.05) is 20.8 Å². The standard InChI is InChI=1S/C21H32N4O3S2/c1-5-30(27,28)25-10-8-24(9-11-25)13-17-22-19(26)18-15-7-6-14(21(2,3)4)12-16(15)29-20(18)23-17/h14H,5-13H2,1-4H3,(H,22,23,26)/t14-/m0/s1. The van der Waals surface area contributed by atoms with Gasteiger partial charge in [-0.15, -0.1) is 11.3 Å². The minimum Gasteiger partial charge on any atom is -0.309 e. The Morgan fingerprint density at radius 2 is 1.90 bits per heavy atom. The van der Waals surface area contributed by atoms with Crippen molar-refractivity contribution in [3.8, 4) is 0 Å². The van der Waals surface area contributed by atoms with Crippen molar-refractivity contribution in [2.75, 3.05) is 31.9 Å². The number of hydrogen-bond acceptors (Lipinski definition) is 6. The highest BCUT2D eigenvalue weighted by Crippen LogP contribution is 2.41. The number of H-pyrrole nitrogens is 1. The first-order chi connectivity index (χ1) is 14.1. The fraction of sp³-hybridized carbons (Fsp3) is 0.714. The highest BCUT2D eigenvalue weighted by molar-refractivity contribution is 7.89. The Labute approximate surface area is 182 Å². The molecule has 3 heterocycles. The number of sulfonamides is 1.